The Bertz CT molecular complexity index is 461. The molecule has 5 heteroatoms. The zero-order valence-corrected chi connectivity index (χ0v) is 10.7. The van der Waals surface area contributed by atoms with Crippen LogP contribution in [0.15, 0.2) is 51.1 Å². The lowest BCUT2D eigenvalue weighted by molar-refractivity contribution is 1.09. The summed E-state index contributed by atoms with van der Waals surface area (Å²) in [7, 11) is 0. The highest BCUT2D eigenvalue weighted by atomic mass is 79.9. The molecule has 0 saturated heterocycles. The van der Waals surface area contributed by atoms with Gasteiger partial charge in [0, 0.05) is 10.7 Å². The van der Waals surface area contributed by atoms with Gasteiger partial charge in [0.15, 0.2) is 0 Å². The molecule has 0 fully saturated rings. The number of rotatable bonds is 2. The summed E-state index contributed by atoms with van der Waals surface area (Å²) >= 11 is 10.6. The largest absolute Gasteiger partial charge is 0.248 e. The van der Waals surface area contributed by atoms with E-state index >= 15 is 0 Å². The second kappa shape index (κ2) is 4.96. The Morgan fingerprint density at radius 3 is 2.67 bits per heavy atom. The van der Waals surface area contributed by atoms with Gasteiger partial charge >= 0.3 is 0 Å². The van der Waals surface area contributed by atoms with Crippen LogP contribution >= 0.6 is 39.3 Å². The Morgan fingerprint density at radius 1 is 1.13 bits per heavy atom. The maximum Gasteiger partial charge on any atom is 0.130 e. The number of aromatic nitrogens is 2. The van der Waals surface area contributed by atoms with E-state index in [0.29, 0.717) is 5.15 Å². The Balaban J connectivity index is 2.18. The zero-order valence-electron chi connectivity index (χ0n) is 7.52. The molecule has 15 heavy (non-hydrogen) atoms. The predicted molar refractivity (Wildman–Crippen MR) is 65.3 cm³/mol. The van der Waals surface area contributed by atoms with Gasteiger partial charge in [0.1, 0.15) is 15.2 Å². The maximum atomic E-state index is 5.78. The van der Waals surface area contributed by atoms with Crippen LogP contribution in [-0.2, 0) is 0 Å². The number of pyridine rings is 2. The van der Waals surface area contributed by atoms with Gasteiger partial charge in [0.05, 0.1) is 0 Å². The van der Waals surface area contributed by atoms with Crippen molar-refractivity contribution >= 4 is 39.3 Å². The highest BCUT2D eigenvalue weighted by Crippen LogP contribution is 2.25. The summed E-state index contributed by atoms with van der Waals surface area (Å²) in [5.41, 5.74) is 0. The van der Waals surface area contributed by atoms with Crippen molar-refractivity contribution in [3.63, 3.8) is 0 Å². The molecular weight excluding hydrogens is 296 g/mol. The van der Waals surface area contributed by atoms with E-state index in [0.717, 1.165) is 14.5 Å². The molecule has 0 aliphatic heterocycles. The van der Waals surface area contributed by atoms with Crippen LogP contribution in [-0.4, -0.2) is 9.97 Å². The van der Waals surface area contributed by atoms with Gasteiger partial charge in [0.2, 0.25) is 0 Å². The van der Waals surface area contributed by atoms with E-state index in [1.165, 1.54) is 11.8 Å². The molecule has 2 aromatic heterocycles. The third-order valence-electron chi connectivity index (χ3n) is 1.60. The molecule has 0 unspecified atom stereocenters. The molecule has 0 bridgehead atoms. The lowest BCUT2D eigenvalue weighted by Crippen LogP contribution is -1.82. The minimum atomic E-state index is 0.497. The van der Waals surface area contributed by atoms with Crippen LogP contribution < -0.4 is 0 Å². The first kappa shape index (κ1) is 10.9. The first-order chi connectivity index (χ1) is 7.24. The predicted octanol–water partition coefficient (Wildman–Crippen LogP) is 4.04. The molecule has 0 amide bonds. The molecule has 0 saturated carbocycles. The van der Waals surface area contributed by atoms with E-state index < -0.39 is 0 Å². The first-order valence-electron chi connectivity index (χ1n) is 4.16. The molecule has 0 aliphatic rings. The average molecular weight is 302 g/mol. The van der Waals surface area contributed by atoms with Crippen molar-refractivity contribution in [3.8, 4) is 0 Å². The van der Waals surface area contributed by atoms with E-state index in [1.54, 1.807) is 12.3 Å². The molecule has 2 aromatic rings. The van der Waals surface area contributed by atoms with Gasteiger partial charge in [-0.15, -0.1) is 0 Å². The Hall–Kier alpha value is -0.580. The summed E-state index contributed by atoms with van der Waals surface area (Å²) in [5.74, 6) is 0. The lowest BCUT2D eigenvalue weighted by atomic mass is 10.5. The highest BCUT2D eigenvalue weighted by Gasteiger charge is 2.00. The van der Waals surface area contributed by atoms with E-state index in [2.05, 4.69) is 25.9 Å². The quantitative estimate of drug-likeness (QED) is 0.783. The first-order valence-corrected chi connectivity index (χ1v) is 6.15. The Morgan fingerprint density at radius 2 is 2.00 bits per heavy atom. The van der Waals surface area contributed by atoms with E-state index in [1.807, 2.05) is 24.3 Å². The van der Waals surface area contributed by atoms with Crippen LogP contribution in [0, 0.1) is 0 Å². The number of nitrogens with zero attached hydrogens (tertiary/aromatic N) is 2. The normalized spacial score (nSPS) is 10.3. The van der Waals surface area contributed by atoms with Crippen LogP contribution in [0.25, 0.3) is 0 Å². The smallest absolute Gasteiger partial charge is 0.130 e. The summed E-state index contributed by atoms with van der Waals surface area (Å²) < 4.78 is 0.964. The van der Waals surface area contributed by atoms with Crippen molar-refractivity contribution in [1.29, 1.82) is 0 Å². The van der Waals surface area contributed by atoms with Gasteiger partial charge in [-0.2, -0.15) is 0 Å². The molecule has 2 heterocycles. The fourth-order valence-corrected chi connectivity index (χ4v) is 2.17. The molecular formula is C10H6BrClN2S. The molecule has 0 aromatic carbocycles. The molecule has 0 N–H and O–H groups in total. The summed E-state index contributed by atoms with van der Waals surface area (Å²) in [6.07, 6.45) is 1.76. The van der Waals surface area contributed by atoms with Crippen LogP contribution in [0.2, 0.25) is 5.15 Å². The van der Waals surface area contributed by atoms with Gasteiger partial charge in [-0.05, 0) is 40.2 Å². The summed E-state index contributed by atoms with van der Waals surface area (Å²) in [6.45, 7) is 0. The third-order valence-corrected chi connectivity index (χ3v) is 3.17. The maximum absolute atomic E-state index is 5.78. The van der Waals surface area contributed by atoms with Crippen molar-refractivity contribution in [2.45, 2.75) is 10.1 Å². The molecule has 0 atom stereocenters. The Labute approximate surface area is 105 Å². The number of halogens is 2. The van der Waals surface area contributed by atoms with Crippen molar-refractivity contribution in [2.75, 3.05) is 0 Å². The second-order valence-corrected chi connectivity index (χ2v) is 5.06. The Kier molecular flexibility index (Phi) is 3.61. The number of hydrogen-bond donors (Lipinski definition) is 0. The van der Waals surface area contributed by atoms with Gasteiger partial charge in [-0.1, -0.05) is 29.4 Å². The second-order valence-electron chi connectivity index (χ2n) is 2.72. The monoisotopic (exact) mass is 300 g/mol. The number of hydrogen-bond acceptors (Lipinski definition) is 3. The van der Waals surface area contributed by atoms with E-state index in [4.69, 9.17) is 11.6 Å². The molecule has 0 spiro atoms. The molecule has 0 aliphatic carbocycles. The van der Waals surface area contributed by atoms with E-state index in [9.17, 15) is 0 Å². The van der Waals surface area contributed by atoms with Gasteiger partial charge in [0.25, 0.3) is 0 Å². The van der Waals surface area contributed by atoms with Crippen LogP contribution in [0.5, 0.6) is 0 Å². The van der Waals surface area contributed by atoms with Crippen LogP contribution in [0.4, 0.5) is 0 Å². The van der Waals surface area contributed by atoms with E-state index in [-0.39, 0.29) is 0 Å². The van der Waals surface area contributed by atoms with Crippen molar-refractivity contribution in [1.82, 2.24) is 9.97 Å². The molecule has 2 rings (SSSR count). The van der Waals surface area contributed by atoms with Crippen molar-refractivity contribution in [3.05, 3.63) is 46.2 Å². The fourth-order valence-electron chi connectivity index (χ4n) is 0.976. The van der Waals surface area contributed by atoms with Crippen LogP contribution in [0.1, 0.15) is 0 Å². The minimum Gasteiger partial charge on any atom is -0.248 e. The summed E-state index contributed by atoms with van der Waals surface area (Å²) in [6, 6.07) is 9.40. The fraction of sp³-hybridized carbons (Fsp3) is 0. The van der Waals surface area contributed by atoms with Gasteiger partial charge in [-0.25, -0.2) is 9.97 Å². The van der Waals surface area contributed by atoms with Crippen molar-refractivity contribution in [2.24, 2.45) is 0 Å². The summed E-state index contributed by atoms with van der Waals surface area (Å²) in [5, 5.41) is 2.24. The molecule has 0 radical (unpaired) electrons. The minimum absolute atomic E-state index is 0.497. The molecule has 76 valence electrons. The third kappa shape index (κ3) is 3.19. The standard InChI is InChI=1S/C10H6BrClN2S/c11-7-4-5-9(13-6-7)15-10-3-1-2-8(12)14-10/h1-6H. The summed E-state index contributed by atoms with van der Waals surface area (Å²) in [4.78, 5) is 8.40. The van der Waals surface area contributed by atoms with Crippen LogP contribution in [0.3, 0.4) is 0 Å². The SMILES string of the molecule is Clc1cccc(Sc2ccc(Br)cn2)n1. The molecule has 2 nitrogen and oxygen atoms in total. The van der Waals surface area contributed by atoms with Gasteiger partial charge < -0.3 is 0 Å². The topological polar surface area (TPSA) is 25.8 Å². The van der Waals surface area contributed by atoms with Gasteiger partial charge in [-0.3, -0.25) is 0 Å². The lowest BCUT2D eigenvalue weighted by Gasteiger charge is -1.99. The zero-order chi connectivity index (χ0) is 10.7. The highest BCUT2D eigenvalue weighted by molar-refractivity contribution is 9.10. The average Bonchev–Trinajstić information content (AvgIpc) is 2.22. The van der Waals surface area contributed by atoms with Crippen molar-refractivity contribution < 1.29 is 0 Å².